The fraction of sp³-hybridized carbons (Fsp3) is 0.375. The van der Waals surface area contributed by atoms with Crippen molar-refractivity contribution in [1.29, 1.82) is 0 Å². The number of hydrogen-bond donors (Lipinski definition) is 0. The minimum atomic E-state index is 1.07. The third-order valence-corrected chi connectivity index (χ3v) is 1.97. The second kappa shape index (κ2) is 3.91. The molecule has 0 unspecified atom stereocenters. The number of halogens is 1. The number of pyridine rings is 1. The maximum atomic E-state index is 4.18. The van der Waals surface area contributed by atoms with E-state index in [-0.39, 0.29) is 0 Å². The van der Waals surface area contributed by atoms with E-state index in [0.29, 0.717) is 0 Å². The summed E-state index contributed by atoms with van der Waals surface area (Å²) in [7, 11) is 0. The highest BCUT2D eigenvalue weighted by molar-refractivity contribution is 14.1. The van der Waals surface area contributed by atoms with Gasteiger partial charge in [0.05, 0.1) is 0 Å². The summed E-state index contributed by atoms with van der Waals surface area (Å²) in [5, 5.41) is 0. The molecule has 0 atom stereocenters. The average Bonchev–Trinajstić information content (AvgIpc) is 1.95. The summed E-state index contributed by atoms with van der Waals surface area (Å²) in [5.74, 6) is 0. The van der Waals surface area contributed by atoms with Crippen LogP contribution in [0.1, 0.15) is 18.9 Å². The molecular weight excluding hydrogens is 237 g/mol. The Morgan fingerprint density at radius 2 is 2.30 bits per heavy atom. The van der Waals surface area contributed by atoms with Crippen LogP contribution in [0.15, 0.2) is 18.3 Å². The summed E-state index contributed by atoms with van der Waals surface area (Å²) in [6.45, 7) is 2.18. The molecule has 0 saturated heterocycles. The van der Waals surface area contributed by atoms with Crippen molar-refractivity contribution in [2.24, 2.45) is 0 Å². The van der Waals surface area contributed by atoms with Gasteiger partial charge in [0, 0.05) is 6.20 Å². The van der Waals surface area contributed by atoms with Crippen molar-refractivity contribution in [2.45, 2.75) is 19.8 Å². The molecule has 0 spiro atoms. The van der Waals surface area contributed by atoms with Crippen molar-refractivity contribution in [3.8, 4) is 0 Å². The van der Waals surface area contributed by atoms with Crippen molar-refractivity contribution >= 4 is 22.6 Å². The molecule has 0 fully saturated rings. The molecule has 0 saturated carbocycles. The zero-order valence-electron chi connectivity index (χ0n) is 5.97. The molecule has 0 bridgehead atoms. The number of rotatable bonds is 2. The highest BCUT2D eigenvalue weighted by atomic mass is 127. The van der Waals surface area contributed by atoms with Crippen LogP contribution in [0, 0.1) is 3.70 Å². The summed E-state index contributed by atoms with van der Waals surface area (Å²) in [5.41, 5.74) is 1.34. The zero-order valence-corrected chi connectivity index (χ0v) is 8.13. The Hall–Kier alpha value is -0.120. The van der Waals surface area contributed by atoms with Gasteiger partial charge in [-0.2, -0.15) is 0 Å². The Kier molecular flexibility index (Phi) is 3.12. The molecule has 1 heterocycles. The van der Waals surface area contributed by atoms with Crippen LogP contribution in [-0.4, -0.2) is 4.98 Å². The van der Waals surface area contributed by atoms with Gasteiger partial charge in [-0.3, -0.25) is 4.98 Å². The molecule has 0 aliphatic heterocycles. The highest BCUT2D eigenvalue weighted by Crippen LogP contribution is 2.04. The lowest BCUT2D eigenvalue weighted by atomic mass is 10.2. The van der Waals surface area contributed by atoms with Crippen LogP contribution < -0.4 is 0 Å². The van der Waals surface area contributed by atoms with Gasteiger partial charge in [-0.1, -0.05) is 19.4 Å². The standard InChI is InChI=1S/C8H10IN/c1-2-3-7-4-5-8(9)10-6-7/h4-6H,2-3H2,1H3. The zero-order chi connectivity index (χ0) is 7.40. The second-order valence-corrected chi connectivity index (χ2v) is 3.34. The number of hydrogen-bond acceptors (Lipinski definition) is 1. The minimum Gasteiger partial charge on any atom is -0.250 e. The predicted octanol–water partition coefficient (Wildman–Crippen LogP) is 2.64. The van der Waals surface area contributed by atoms with Gasteiger partial charge >= 0.3 is 0 Å². The fourth-order valence-electron chi connectivity index (χ4n) is 0.843. The van der Waals surface area contributed by atoms with Crippen LogP contribution in [0.3, 0.4) is 0 Å². The van der Waals surface area contributed by atoms with Crippen LogP contribution >= 0.6 is 22.6 Å². The lowest BCUT2D eigenvalue weighted by molar-refractivity contribution is 0.912. The molecule has 0 amide bonds. The highest BCUT2D eigenvalue weighted by Gasteiger charge is 1.90. The lowest BCUT2D eigenvalue weighted by Gasteiger charge is -1.95. The quantitative estimate of drug-likeness (QED) is 0.578. The van der Waals surface area contributed by atoms with Gasteiger partial charge in [-0.25, -0.2) is 0 Å². The van der Waals surface area contributed by atoms with Gasteiger partial charge in [0.25, 0.3) is 0 Å². The van der Waals surface area contributed by atoms with E-state index in [1.807, 2.05) is 12.3 Å². The molecule has 1 rings (SSSR count). The van der Waals surface area contributed by atoms with E-state index >= 15 is 0 Å². The Bertz CT molecular complexity index is 193. The van der Waals surface area contributed by atoms with E-state index < -0.39 is 0 Å². The first-order chi connectivity index (χ1) is 4.83. The molecule has 1 nitrogen and oxygen atoms in total. The topological polar surface area (TPSA) is 12.9 Å². The largest absolute Gasteiger partial charge is 0.250 e. The summed E-state index contributed by atoms with van der Waals surface area (Å²) >= 11 is 2.21. The molecule has 10 heavy (non-hydrogen) atoms. The van der Waals surface area contributed by atoms with E-state index in [2.05, 4.69) is 40.6 Å². The number of nitrogens with zero attached hydrogens (tertiary/aromatic N) is 1. The number of aryl methyl sites for hydroxylation is 1. The maximum absolute atomic E-state index is 4.18. The summed E-state index contributed by atoms with van der Waals surface area (Å²) < 4.78 is 1.07. The molecule has 1 aromatic rings. The van der Waals surface area contributed by atoms with E-state index in [1.165, 1.54) is 12.0 Å². The smallest absolute Gasteiger partial charge is 0.101 e. The second-order valence-electron chi connectivity index (χ2n) is 2.24. The molecule has 0 radical (unpaired) electrons. The van der Waals surface area contributed by atoms with Crippen molar-refractivity contribution in [2.75, 3.05) is 0 Å². The van der Waals surface area contributed by atoms with Crippen molar-refractivity contribution < 1.29 is 0 Å². The molecule has 0 aromatic carbocycles. The van der Waals surface area contributed by atoms with Crippen LogP contribution in [-0.2, 0) is 6.42 Å². The minimum absolute atomic E-state index is 1.07. The third kappa shape index (κ3) is 2.25. The van der Waals surface area contributed by atoms with Crippen molar-refractivity contribution in [1.82, 2.24) is 4.98 Å². The Morgan fingerprint density at radius 3 is 2.80 bits per heavy atom. The Balaban J connectivity index is 2.69. The van der Waals surface area contributed by atoms with Gasteiger partial charge in [0.15, 0.2) is 0 Å². The molecular formula is C8H10IN. The van der Waals surface area contributed by atoms with E-state index in [1.54, 1.807) is 0 Å². The Labute approximate surface area is 75.0 Å². The van der Waals surface area contributed by atoms with Gasteiger partial charge in [0.2, 0.25) is 0 Å². The summed E-state index contributed by atoms with van der Waals surface area (Å²) in [4.78, 5) is 4.18. The fourth-order valence-corrected chi connectivity index (χ4v) is 1.16. The van der Waals surface area contributed by atoms with E-state index in [9.17, 15) is 0 Å². The normalized spacial score (nSPS) is 9.80. The first-order valence-electron chi connectivity index (χ1n) is 3.43. The van der Waals surface area contributed by atoms with Crippen LogP contribution in [0.4, 0.5) is 0 Å². The van der Waals surface area contributed by atoms with E-state index in [4.69, 9.17) is 0 Å². The van der Waals surface area contributed by atoms with Crippen LogP contribution in [0.25, 0.3) is 0 Å². The van der Waals surface area contributed by atoms with Gasteiger partial charge in [0.1, 0.15) is 3.70 Å². The molecule has 1 aromatic heterocycles. The van der Waals surface area contributed by atoms with E-state index in [0.717, 1.165) is 10.1 Å². The summed E-state index contributed by atoms with van der Waals surface area (Å²) in [6.07, 6.45) is 4.29. The van der Waals surface area contributed by atoms with Gasteiger partial charge < -0.3 is 0 Å². The first-order valence-corrected chi connectivity index (χ1v) is 4.51. The van der Waals surface area contributed by atoms with Crippen LogP contribution in [0.2, 0.25) is 0 Å². The SMILES string of the molecule is CCCc1ccc(I)nc1. The van der Waals surface area contributed by atoms with Gasteiger partial charge in [-0.05, 0) is 40.6 Å². The molecule has 0 aliphatic carbocycles. The predicted molar refractivity (Wildman–Crippen MR) is 50.9 cm³/mol. The maximum Gasteiger partial charge on any atom is 0.101 e. The van der Waals surface area contributed by atoms with Crippen molar-refractivity contribution in [3.05, 3.63) is 27.6 Å². The average molecular weight is 247 g/mol. The molecule has 54 valence electrons. The number of aromatic nitrogens is 1. The van der Waals surface area contributed by atoms with Gasteiger partial charge in [-0.15, -0.1) is 0 Å². The molecule has 2 heteroatoms. The summed E-state index contributed by atoms with van der Waals surface area (Å²) in [6, 6.07) is 4.18. The third-order valence-electron chi connectivity index (χ3n) is 1.33. The molecule has 0 aliphatic rings. The lowest BCUT2D eigenvalue weighted by Crippen LogP contribution is -1.85. The monoisotopic (exact) mass is 247 g/mol. The van der Waals surface area contributed by atoms with Crippen LogP contribution in [0.5, 0.6) is 0 Å². The Morgan fingerprint density at radius 1 is 1.50 bits per heavy atom. The molecule has 0 N–H and O–H groups in total. The first kappa shape index (κ1) is 7.98. The van der Waals surface area contributed by atoms with Crippen molar-refractivity contribution in [3.63, 3.8) is 0 Å².